The summed E-state index contributed by atoms with van der Waals surface area (Å²) in [5.41, 5.74) is -2.53. The Bertz CT molecular complexity index is 1140. The number of aliphatic hydroxyl groups is 1. The van der Waals surface area contributed by atoms with E-state index in [9.17, 15) is 27.9 Å². The number of aryl methyl sites for hydroxylation is 1. The molecule has 7 heteroatoms. The van der Waals surface area contributed by atoms with Crippen molar-refractivity contribution >= 4 is 10.9 Å². The number of aromatic amines is 1. The zero-order valence-corrected chi connectivity index (χ0v) is 17.6. The van der Waals surface area contributed by atoms with E-state index in [1.54, 1.807) is 44.2 Å². The maximum Gasteiger partial charge on any atom is 0.417 e. The van der Waals surface area contributed by atoms with E-state index in [4.69, 9.17) is 0 Å². The van der Waals surface area contributed by atoms with Crippen LogP contribution in [0.2, 0.25) is 0 Å². The summed E-state index contributed by atoms with van der Waals surface area (Å²) in [5.74, 6) is -0.543. The molecule has 1 atom stereocenters. The van der Waals surface area contributed by atoms with Gasteiger partial charge in [0.1, 0.15) is 11.9 Å². The largest absolute Gasteiger partial charge is 0.417 e. The fraction of sp³-hybridized carbons (Fsp3) is 0.375. The third-order valence-electron chi connectivity index (χ3n) is 5.81. The Labute approximate surface area is 178 Å². The Morgan fingerprint density at radius 2 is 1.77 bits per heavy atom. The zero-order valence-electron chi connectivity index (χ0n) is 17.6. The molecule has 2 aromatic carbocycles. The number of benzene rings is 2. The van der Waals surface area contributed by atoms with Gasteiger partial charge in [-0.25, -0.2) is 4.39 Å². The van der Waals surface area contributed by atoms with E-state index in [1.165, 1.54) is 12.1 Å². The summed E-state index contributed by atoms with van der Waals surface area (Å²) in [6.07, 6.45) is -5.95. The predicted octanol–water partition coefficient (Wildman–Crippen LogP) is 5.94. The number of aromatic nitrogens is 1. The van der Waals surface area contributed by atoms with E-state index in [0.717, 1.165) is 5.56 Å². The first-order chi connectivity index (χ1) is 14.4. The monoisotopic (exact) mass is 432 g/mol. The zero-order chi connectivity index (χ0) is 23.0. The third-order valence-corrected chi connectivity index (χ3v) is 5.81. The van der Waals surface area contributed by atoms with Gasteiger partial charge in [-0.05, 0) is 47.6 Å². The molecule has 0 aliphatic rings. The highest BCUT2D eigenvalue weighted by molar-refractivity contribution is 5.87. The molecule has 0 saturated heterocycles. The number of para-hydroxylation sites is 1. The van der Waals surface area contributed by atoms with Crippen LogP contribution in [0.25, 0.3) is 10.9 Å². The lowest BCUT2D eigenvalue weighted by atomic mass is 9.71. The van der Waals surface area contributed by atoms with Crippen LogP contribution < -0.4 is 0 Å². The van der Waals surface area contributed by atoms with Crippen LogP contribution in [0.4, 0.5) is 17.6 Å². The minimum absolute atomic E-state index is 0.0225. The lowest BCUT2D eigenvalue weighted by Gasteiger charge is -2.38. The minimum atomic E-state index is -4.96. The Kier molecular flexibility index (Phi) is 5.90. The minimum Gasteiger partial charge on any atom is -0.380 e. The van der Waals surface area contributed by atoms with Gasteiger partial charge in [0.05, 0.1) is 5.56 Å². The normalized spacial score (nSPS) is 14.4. The van der Waals surface area contributed by atoms with E-state index >= 15 is 0 Å². The molecule has 0 aliphatic carbocycles. The first-order valence-corrected chi connectivity index (χ1v) is 9.99. The van der Waals surface area contributed by atoms with Crippen LogP contribution in [0, 0.1) is 17.1 Å². The van der Waals surface area contributed by atoms with Crippen molar-refractivity contribution in [2.75, 3.05) is 0 Å². The van der Waals surface area contributed by atoms with Crippen molar-refractivity contribution in [3.8, 4) is 6.07 Å². The number of alkyl halides is 3. The summed E-state index contributed by atoms with van der Waals surface area (Å²) in [6, 6.07) is 12.7. The van der Waals surface area contributed by atoms with Crippen LogP contribution in [0.3, 0.4) is 0 Å². The number of H-pyrrole nitrogens is 1. The summed E-state index contributed by atoms with van der Waals surface area (Å²) < 4.78 is 56.4. The van der Waals surface area contributed by atoms with Gasteiger partial charge in [-0.15, -0.1) is 0 Å². The SMILES string of the molecule is CCc1ccc(F)cc1C(C)(C)CC(O)(Cc1[nH]c2ccccc2c1C#N)C(F)(F)F. The van der Waals surface area contributed by atoms with Crippen LogP contribution >= 0.6 is 0 Å². The molecule has 0 saturated carbocycles. The molecule has 31 heavy (non-hydrogen) atoms. The molecule has 1 unspecified atom stereocenters. The highest BCUT2D eigenvalue weighted by Crippen LogP contribution is 2.44. The van der Waals surface area contributed by atoms with Crippen molar-refractivity contribution in [2.45, 2.75) is 57.2 Å². The quantitative estimate of drug-likeness (QED) is 0.473. The van der Waals surface area contributed by atoms with Crippen LogP contribution in [-0.2, 0) is 18.3 Å². The lowest BCUT2D eigenvalue weighted by Crippen LogP contribution is -2.51. The van der Waals surface area contributed by atoms with Gasteiger partial charge >= 0.3 is 6.18 Å². The van der Waals surface area contributed by atoms with Crippen LogP contribution in [0.1, 0.15) is 49.6 Å². The summed E-state index contributed by atoms with van der Waals surface area (Å²) in [4.78, 5) is 2.86. The van der Waals surface area contributed by atoms with Gasteiger partial charge in [-0.1, -0.05) is 45.0 Å². The number of fused-ring (bicyclic) bond motifs is 1. The van der Waals surface area contributed by atoms with Crippen molar-refractivity contribution in [3.63, 3.8) is 0 Å². The molecule has 1 heterocycles. The van der Waals surface area contributed by atoms with Crippen LogP contribution in [0.5, 0.6) is 0 Å². The third kappa shape index (κ3) is 4.31. The topological polar surface area (TPSA) is 59.8 Å². The molecule has 0 bridgehead atoms. The van der Waals surface area contributed by atoms with Crippen molar-refractivity contribution in [1.82, 2.24) is 4.98 Å². The Hall–Kier alpha value is -2.85. The van der Waals surface area contributed by atoms with Gasteiger partial charge in [-0.2, -0.15) is 18.4 Å². The molecular weight excluding hydrogens is 408 g/mol. The number of nitrogens with zero attached hydrogens (tertiary/aromatic N) is 1. The molecule has 1 aromatic heterocycles. The van der Waals surface area contributed by atoms with E-state index in [1.807, 2.05) is 13.0 Å². The Morgan fingerprint density at radius 3 is 2.39 bits per heavy atom. The molecule has 0 aliphatic heterocycles. The fourth-order valence-electron chi connectivity index (χ4n) is 4.33. The van der Waals surface area contributed by atoms with Crippen molar-refractivity contribution in [1.29, 1.82) is 5.26 Å². The maximum absolute atomic E-state index is 14.2. The second-order valence-electron chi connectivity index (χ2n) is 8.56. The number of rotatable bonds is 6. The van der Waals surface area contributed by atoms with E-state index in [2.05, 4.69) is 4.98 Å². The molecular formula is C24H24F4N2O. The molecule has 0 fully saturated rings. The molecule has 2 N–H and O–H groups in total. The van der Waals surface area contributed by atoms with E-state index < -0.39 is 35.9 Å². The number of nitrogens with one attached hydrogen (secondary N) is 1. The Morgan fingerprint density at radius 1 is 1.10 bits per heavy atom. The van der Waals surface area contributed by atoms with Crippen LogP contribution in [0.15, 0.2) is 42.5 Å². The summed E-state index contributed by atoms with van der Waals surface area (Å²) in [6.45, 7) is 4.97. The Balaban J connectivity index is 2.07. The van der Waals surface area contributed by atoms with E-state index in [-0.39, 0.29) is 11.3 Å². The molecule has 0 amide bonds. The molecule has 164 valence electrons. The average Bonchev–Trinajstić information content (AvgIpc) is 3.03. The number of hydrogen-bond acceptors (Lipinski definition) is 2. The maximum atomic E-state index is 14.2. The van der Waals surface area contributed by atoms with Crippen molar-refractivity contribution in [2.24, 2.45) is 0 Å². The molecule has 3 nitrogen and oxygen atoms in total. The van der Waals surface area contributed by atoms with Gasteiger partial charge in [0.2, 0.25) is 0 Å². The fourth-order valence-corrected chi connectivity index (χ4v) is 4.33. The molecule has 0 radical (unpaired) electrons. The summed E-state index contributed by atoms with van der Waals surface area (Å²) >= 11 is 0. The number of hydrogen-bond donors (Lipinski definition) is 2. The van der Waals surface area contributed by atoms with Crippen LogP contribution in [-0.4, -0.2) is 21.9 Å². The predicted molar refractivity (Wildman–Crippen MR) is 111 cm³/mol. The summed E-state index contributed by atoms with van der Waals surface area (Å²) in [5, 5.41) is 21.0. The number of halogens is 4. The average molecular weight is 432 g/mol. The lowest BCUT2D eigenvalue weighted by molar-refractivity contribution is -0.266. The molecule has 3 aromatic rings. The highest BCUT2D eigenvalue weighted by atomic mass is 19.4. The summed E-state index contributed by atoms with van der Waals surface area (Å²) in [7, 11) is 0. The highest BCUT2D eigenvalue weighted by Gasteiger charge is 2.56. The standard InChI is InChI=1S/C24H24F4N2O/c1-4-15-9-10-16(25)11-19(15)22(2,3)14-23(31,24(26,27)28)12-21-18(13-29)17-7-5-6-8-20(17)30-21/h5-11,30-31H,4,12,14H2,1-3H3. The van der Waals surface area contributed by atoms with Gasteiger partial charge in [0.15, 0.2) is 5.60 Å². The smallest absolute Gasteiger partial charge is 0.380 e. The van der Waals surface area contributed by atoms with Gasteiger partial charge in [-0.3, -0.25) is 0 Å². The van der Waals surface area contributed by atoms with Gasteiger partial charge in [0.25, 0.3) is 0 Å². The molecule has 0 spiro atoms. The second-order valence-corrected chi connectivity index (χ2v) is 8.56. The van der Waals surface area contributed by atoms with Crippen molar-refractivity contribution < 1.29 is 22.7 Å². The van der Waals surface area contributed by atoms with Gasteiger partial charge < -0.3 is 10.1 Å². The molecule has 3 rings (SSSR count). The van der Waals surface area contributed by atoms with Crippen molar-refractivity contribution in [3.05, 3.63) is 70.7 Å². The second kappa shape index (κ2) is 8.01. The first-order valence-electron chi connectivity index (χ1n) is 9.99. The van der Waals surface area contributed by atoms with E-state index in [0.29, 0.717) is 22.9 Å². The van der Waals surface area contributed by atoms with Gasteiger partial charge in [0, 0.05) is 23.0 Å². The number of nitriles is 1. The first kappa shape index (κ1) is 22.8.